The maximum absolute atomic E-state index is 13.1. The number of aliphatic hydroxyl groups excluding tert-OH is 1. The van der Waals surface area contributed by atoms with Gasteiger partial charge in [-0.2, -0.15) is 0 Å². The van der Waals surface area contributed by atoms with E-state index < -0.39 is 31.0 Å². The van der Waals surface area contributed by atoms with Crippen molar-refractivity contribution in [2.75, 3.05) is 188 Å². The number of nitrogens with one attached hydrogen (secondary N) is 2. The Morgan fingerprint density at radius 3 is 0.762 bits per heavy atom. The molecule has 762 valence electrons. The molecule has 0 unspecified atom stereocenters. The number of amides is 4. The van der Waals surface area contributed by atoms with Crippen LogP contribution in [-0.2, 0) is 30.9 Å². The predicted octanol–water partition coefficient (Wildman–Crippen LogP) is 11.5. The van der Waals surface area contributed by atoms with Gasteiger partial charge in [-0.3, -0.25) is 43.2 Å². The number of alkyl halides is 1. The molecule has 20 rings (SSSR count). The van der Waals surface area contributed by atoms with Crippen LogP contribution in [0.15, 0.2) is 231 Å². The van der Waals surface area contributed by atoms with Gasteiger partial charge in [0.05, 0.1) is 15.6 Å². The summed E-state index contributed by atoms with van der Waals surface area (Å²) in [6.45, 7) is 22.3. The summed E-state index contributed by atoms with van der Waals surface area (Å²) in [6.07, 6.45) is 18.0. The molecule has 4 aromatic heterocycles. The molecule has 0 bridgehead atoms. The standard InChI is InChI=1S/C28H30FN5O2.C19H20FN3O3.C18H18FN3O3.C11H15FN2.C10H14N2.C7H5NO4.4C3H6.CH3F.CH4O.Li.H2O/c29-23-11-9-22(10-12-23)21-31-13-15-33(16-14-31)27(35)25-7-4-8-26(30-25)28(36)34-19-17-32(18-20-34)24-5-2-1-3-6-24;1-26-19(25)17-4-2-3-16(21-17)18(24)23-11-9-22(10-12-23)13-14-5-7-15(20)8-6-14;19-14-6-4-13(5-7-14)12-21-8-10-22(11-9-21)17(23)15-2-1-3-16(20-15)18(24)25;12-11-3-1-10(2-4-11)9-14-7-5-13-6-8-14;1-2-4-10(5-3-1)12-8-6-11-7-9-12;9-6(10)4-2-1-3-5(8-4)7(11)12;4*1-2-3-1;2*1-2;;/h1-12H,13-21H2;2-8H,9-13H2,1H3;1-7H,8-12H2,(H,24,25);1-4,13H,5-9H2;1-5,11H,6-9H2;1-3H,(H,9,10)(H,11,12);4*1-3H2;1H3;2H,1H3;;1H2/q;;;;;;;;;;;;+1;/p-1/i;;;;;;;;;;1D;;;. The van der Waals surface area contributed by atoms with Gasteiger partial charge < -0.3 is 70.7 Å². The Labute approximate surface area is 848 Å². The van der Waals surface area contributed by atoms with Crippen molar-refractivity contribution in [3.63, 3.8) is 0 Å². The number of rotatable bonds is 18. The molecule has 10 fully saturated rings. The molecule has 36 heteroatoms. The molecule has 6 saturated heterocycles. The molecule has 143 heavy (non-hydrogen) atoms. The molecule has 10 aromatic rings. The van der Waals surface area contributed by atoms with Gasteiger partial charge in [0, 0.05) is 202 Å². The zero-order valence-electron chi connectivity index (χ0n) is 83.0. The molecule has 4 aliphatic carbocycles. The second-order valence-corrected chi connectivity index (χ2v) is 34.2. The Kier molecular flexibility index (Phi) is 52.8. The van der Waals surface area contributed by atoms with Crippen LogP contribution in [0, 0.1) is 23.3 Å². The Morgan fingerprint density at radius 2 is 0.510 bits per heavy atom. The van der Waals surface area contributed by atoms with Crippen LogP contribution in [0.5, 0.6) is 0 Å². The van der Waals surface area contributed by atoms with Crippen LogP contribution < -0.4 is 39.3 Å². The van der Waals surface area contributed by atoms with E-state index in [0.717, 1.165) is 141 Å². The van der Waals surface area contributed by atoms with E-state index in [2.05, 4.69) is 107 Å². The van der Waals surface area contributed by atoms with Crippen molar-refractivity contribution < 1.29 is 111 Å². The molecule has 6 aromatic carbocycles. The van der Waals surface area contributed by atoms with Crippen molar-refractivity contribution in [1.82, 2.24) is 69.8 Å². The van der Waals surface area contributed by atoms with E-state index in [0.29, 0.717) is 83.4 Å². The Hall–Kier alpha value is -12.8. The normalized spacial score (nSPS) is 15.8. The molecule has 7 N–H and O–H groups in total. The van der Waals surface area contributed by atoms with Crippen LogP contribution in [0.3, 0.4) is 0 Å². The summed E-state index contributed by atoms with van der Waals surface area (Å²) in [5.74, 6) is -5.84. The minimum absolute atomic E-state index is 0. The smallest absolute Gasteiger partial charge is 0.870 e. The third-order valence-corrected chi connectivity index (χ3v) is 22.7. The van der Waals surface area contributed by atoms with E-state index in [1.807, 2.05) is 35.2 Å². The van der Waals surface area contributed by atoms with Gasteiger partial charge in [-0.25, -0.2) is 56.7 Å². The number of carboxylic acids is 3. The van der Waals surface area contributed by atoms with Crippen molar-refractivity contribution in [1.29, 1.82) is 0 Å². The molecule has 4 amide bonds. The van der Waals surface area contributed by atoms with Gasteiger partial charge in [-0.1, -0.05) is 186 Å². The Morgan fingerprint density at radius 1 is 0.301 bits per heavy atom. The molecule has 6 aliphatic heterocycles. The van der Waals surface area contributed by atoms with E-state index in [1.165, 1.54) is 186 Å². The first-order chi connectivity index (χ1) is 69.0. The first kappa shape index (κ1) is 115. The molecular weight excluding hydrogens is 1840 g/mol. The summed E-state index contributed by atoms with van der Waals surface area (Å²) < 4.78 is 71.8. The van der Waals surface area contributed by atoms with E-state index in [4.69, 9.17) is 21.8 Å². The number of benzene rings is 6. The van der Waals surface area contributed by atoms with Gasteiger partial charge in [0.2, 0.25) is 0 Å². The Bertz CT molecular complexity index is 5370. The minimum Gasteiger partial charge on any atom is -0.870 e. The maximum atomic E-state index is 13.1. The fourth-order valence-corrected chi connectivity index (χ4v) is 14.4. The largest absolute Gasteiger partial charge is 1.00 e. The SMILES string of the molecule is C1CC1.C1CC1.C1CC1.C1CC1.CO.COC(=O)c1cccc(C(=O)N2CCN(Cc3ccc(F)cc3)CC2)n1.Fc1ccc(CN2CCNCC2)cc1.O=C(O)c1cccc(C(=O)N2CCN(Cc3ccc(F)cc3)CC2)n1.O=C(O)c1cccc(C(=O)O)n1.O=C(c1cccc(C(=O)N2CCN(c3ccccc3)CC2)n1)N1CCN(Cc2ccc(F)cc2)CC1.[2H]CF.[Li+].[OH-].c1ccc(N2CCNCC2)cc1. The predicted molar refractivity (Wildman–Crippen MR) is 535 cm³/mol. The number of aliphatic hydroxyl groups is 1. The Balaban J connectivity index is 0.000000234. The van der Waals surface area contributed by atoms with E-state index in [-0.39, 0.29) is 105 Å². The number of para-hydroxylation sites is 2. The molecule has 30 nitrogen and oxygen atoms in total. The van der Waals surface area contributed by atoms with Gasteiger partial charge in [-0.05, 0) is 144 Å². The third-order valence-electron chi connectivity index (χ3n) is 22.7. The molecule has 0 spiro atoms. The van der Waals surface area contributed by atoms with Crippen LogP contribution in [-0.4, -0.2) is 311 Å². The number of esters is 1. The summed E-state index contributed by atoms with van der Waals surface area (Å²) in [4.78, 5) is 131. The number of nitrogens with zero attached hydrogens (tertiary/aromatic N) is 14. The van der Waals surface area contributed by atoms with Gasteiger partial charge in [0.15, 0.2) is 0 Å². The van der Waals surface area contributed by atoms with Crippen LogP contribution in [0.4, 0.5) is 33.3 Å². The number of aromatic carboxylic acids is 3. The van der Waals surface area contributed by atoms with Gasteiger partial charge in [0.1, 0.15) is 68.8 Å². The summed E-state index contributed by atoms with van der Waals surface area (Å²) in [5, 5.41) is 39.5. The monoisotopic (exact) mass is 1970 g/mol. The van der Waals surface area contributed by atoms with Crippen molar-refractivity contribution >= 4 is 58.9 Å². The quantitative estimate of drug-likeness (QED) is 0.0264. The van der Waals surface area contributed by atoms with Crippen molar-refractivity contribution in [3.8, 4) is 0 Å². The second kappa shape index (κ2) is 65.4. The molecule has 4 saturated carbocycles. The number of ether oxygens (including phenoxy) is 1. The van der Waals surface area contributed by atoms with Crippen LogP contribution in [0.25, 0.3) is 0 Å². The van der Waals surface area contributed by atoms with Crippen LogP contribution >= 0.6 is 0 Å². The summed E-state index contributed by atoms with van der Waals surface area (Å²) >= 11 is 0. The number of piperazine rings is 6. The zero-order chi connectivity index (χ0) is 102. The number of carbonyl (C=O) groups excluding carboxylic acids is 5. The van der Waals surface area contributed by atoms with Crippen LogP contribution in [0.2, 0.25) is 0 Å². The molecule has 0 radical (unpaired) electrons. The van der Waals surface area contributed by atoms with E-state index >= 15 is 0 Å². The zero-order valence-corrected chi connectivity index (χ0v) is 82.0. The maximum Gasteiger partial charge on any atom is 1.00 e. The number of carbonyl (C=O) groups is 8. The van der Waals surface area contributed by atoms with E-state index in [9.17, 15) is 60.3 Å². The number of pyridine rings is 4. The molecule has 10 heterocycles. The average molecular weight is 1970 g/mol. The number of hydrogen-bond acceptors (Lipinski definition) is 23. The summed E-state index contributed by atoms with van der Waals surface area (Å²) in [6, 6.07) is 65.0. The number of carboxylic acid groups (broad SMARTS) is 3. The number of aromatic nitrogens is 4. The number of methoxy groups -OCH3 is 1. The fourth-order valence-electron chi connectivity index (χ4n) is 14.4. The molecule has 0 atom stereocenters. The number of anilines is 2. The fraction of sp³-hybridized carbons (Fsp3) is 0.402. The average Bonchev–Trinajstić information content (AvgIpc) is 1.31. The summed E-state index contributed by atoms with van der Waals surface area (Å²) in [7, 11) is 1.28. The molecule has 10 aliphatic rings. The minimum atomic E-state index is -1.24. The van der Waals surface area contributed by atoms with Crippen molar-refractivity contribution in [2.45, 2.75) is 103 Å². The first-order valence-electron chi connectivity index (χ1n) is 48.7. The van der Waals surface area contributed by atoms with Crippen molar-refractivity contribution in [2.24, 2.45) is 0 Å². The second-order valence-electron chi connectivity index (χ2n) is 34.2. The molecular formula is C107H134F5LiN16O14. The van der Waals surface area contributed by atoms with Gasteiger partial charge in [-0.15, -0.1) is 0 Å². The number of hydrogen-bond donors (Lipinski definition) is 6. The van der Waals surface area contributed by atoms with Gasteiger partial charge >= 0.3 is 42.7 Å². The topological polar surface area (TPSA) is 365 Å². The van der Waals surface area contributed by atoms with Gasteiger partial charge in [0.25, 0.3) is 23.6 Å². The van der Waals surface area contributed by atoms with Crippen molar-refractivity contribution in [3.05, 3.63) is 322 Å². The number of halogens is 5. The first-order valence-corrected chi connectivity index (χ1v) is 48.0. The van der Waals surface area contributed by atoms with Crippen LogP contribution in [0.1, 0.15) is 185 Å². The summed E-state index contributed by atoms with van der Waals surface area (Å²) in [5.41, 5.74) is 7.25. The third kappa shape index (κ3) is 44.3. The van der Waals surface area contributed by atoms with E-state index in [1.54, 1.807) is 81.4 Å².